The number of ketones is 4. The standard InChI is InChI=1S/C64H80N2O16S2/c1-59-23-19-41(67)27-39(59)15-17-43-45-21-25-63(77,61(45,3)29-49(69)53(43)59)51(71)33-79-55(73)47(65-57(75)81-31-37-11-7-5-8-12-37)35-83-84-36-48(66-58(76)82-32-38-13-9-6-10-14-38)56(74)80-34-52(72)64(78)26-22-46-44-18-16-40-28-42(68)20-24-60(40,2)54(44)50(70)30-62(46,64)4/h5-14,27-28,43-50,53-54,69-70,77-78H,15-26,29-36H2,1-4H3,(H,65,75)(H,66,76)/t43-,44-,45-,46-,47?,48?,49-,50-,53+,54+,59-,60-,61-,62-,63-,64-/m0/s1. The van der Waals surface area contributed by atoms with Crippen molar-refractivity contribution in [3.8, 4) is 0 Å². The number of aliphatic hydroxyl groups excluding tert-OH is 2. The molecule has 454 valence electrons. The molecule has 0 bridgehead atoms. The van der Waals surface area contributed by atoms with E-state index in [0.717, 1.165) is 32.7 Å². The Morgan fingerprint density at radius 3 is 1.31 bits per heavy atom. The summed E-state index contributed by atoms with van der Waals surface area (Å²) >= 11 is 0. The molecule has 0 aromatic heterocycles. The van der Waals surface area contributed by atoms with Crippen molar-refractivity contribution in [2.45, 2.75) is 166 Å². The van der Waals surface area contributed by atoms with Gasteiger partial charge < -0.3 is 50.0 Å². The normalized spacial score (nSPS) is 36.2. The minimum atomic E-state index is -1.94. The zero-order chi connectivity index (χ0) is 60.0. The van der Waals surface area contributed by atoms with E-state index < -0.39 is 95.2 Å². The highest BCUT2D eigenvalue weighted by Crippen LogP contribution is 2.69. The van der Waals surface area contributed by atoms with E-state index in [2.05, 4.69) is 24.5 Å². The van der Waals surface area contributed by atoms with E-state index in [-0.39, 0.29) is 108 Å². The molecular weight excluding hydrogens is 1120 g/mol. The molecular formula is C64H80N2O16S2. The number of esters is 2. The molecule has 6 fully saturated rings. The van der Waals surface area contributed by atoms with Gasteiger partial charge in [-0.2, -0.15) is 0 Å². The molecule has 0 saturated heterocycles. The number of hydrogen-bond donors (Lipinski definition) is 6. The molecule has 0 spiro atoms. The molecule has 0 heterocycles. The van der Waals surface area contributed by atoms with Gasteiger partial charge in [0.05, 0.1) is 12.2 Å². The Hall–Kier alpha value is -5.38. The second-order valence-electron chi connectivity index (χ2n) is 26.1. The van der Waals surface area contributed by atoms with Crippen molar-refractivity contribution >= 4 is 68.8 Å². The van der Waals surface area contributed by atoms with Crippen LogP contribution in [0.4, 0.5) is 9.59 Å². The van der Waals surface area contributed by atoms with E-state index in [1.807, 2.05) is 13.8 Å². The van der Waals surface area contributed by atoms with Crippen molar-refractivity contribution in [2.75, 3.05) is 24.7 Å². The summed E-state index contributed by atoms with van der Waals surface area (Å²) in [6.45, 7) is 5.98. The van der Waals surface area contributed by atoms with Crippen LogP contribution in [0.3, 0.4) is 0 Å². The van der Waals surface area contributed by atoms with Gasteiger partial charge in [0, 0.05) is 35.2 Å². The van der Waals surface area contributed by atoms with Crippen LogP contribution in [-0.2, 0) is 60.9 Å². The van der Waals surface area contributed by atoms with Gasteiger partial charge in [0.25, 0.3) is 0 Å². The van der Waals surface area contributed by atoms with Gasteiger partial charge in [-0.1, -0.05) is 121 Å². The van der Waals surface area contributed by atoms with Crippen molar-refractivity contribution < 1.29 is 77.7 Å². The number of hydrogen-bond acceptors (Lipinski definition) is 18. The third-order valence-electron chi connectivity index (χ3n) is 21.8. The first-order valence-electron chi connectivity index (χ1n) is 29.8. The molecule has 6 saturated carbocycles. The number of carbonyl (C=O) groups is 8. The van der Waals surface area contributed by atoms with Crippen LogP contribution in [-0.4, -0.2) is 128 Å². The summed E-state index contributed by atoms with van der Waals surface area (Å²) in [7, 11) is 2.01. The number of Topliss-reactive ketones (excluding diaryl/α,β-unsaturated/α-hetero) is 2. The minimum absolute atomic E-state index is 0.00972. The van der Waals surface area contributed by atoms with Gasteiger partial charge in [-0.05, 0) is 147 Å². The fourth-order valence-electron chi connectivity index (χ4n) is 17.4. The molecule has 16 atom stereocenters. The third-order valence-corrected chi connectivity index (χ3v) is 24.3. The molecule has 8 aliphatic carbocycles. The van der Waals surface area contributed by atoms with Crippen LogP contribution in [0.15, 0.2) is 84.0 Å². The number of amides is 2. The minimum Gasteiger partial charge on any atom is -0.456 e. The maximum atomic E-state index is 14.3. The third kappa shape index (κ3) is 11.4. The quantitative estimate of drug-likeness (QED) is 0.0341. The summed E-state index contributed by atoms with van der Waals surface area (Å²) in [6, 6.07) is 14.8. The van der Waals surface area contributed by atoms with Crippen molar-refractivity contribution in [1.82, 2.24) is 10.6 Å². The van der Waals surface area contributed by atoms with E-state index in [4.69, 9.17) is 18.9 Å². The molecule has 2 amide bonds. The lowest BCUT2D eigenvalue weighted by atomic mass is 9.45. The lowest BCUT2D eigenvalue weighted by Gasteiger charge is -2.60. The molecule has 2 aromatic rings. The number of rotatable bonds is 19. The van der Waals surface area contributed by atoms with Crippen LogP contribution < -0.4 is 10.6 Å². The summed E-state index contributed by atoms with van der Waals surface area (Å²) in [5, 5.41) is 53.7. The molecule has 10 rings (SSSR count). The number of nitrogens with one attached hydrogen (secondary N) is 2. The zero-order valence-corrected chi connectivity index (χ0v) is 50.0. The van der Waals surface area contributed by atoms with Gasteiger partial charge in [0.15, 0.2) is 24.8 Å². The SMILES string of the molecule is C[C@]12CCC(=O)C=C1CC[C@@H]1[C@@H]2[C@@H](O)C[C@@]2(C)[C@H]1CC[C@]2(O)C(=O)COC(=O)C(CSSCC(NC(=O)OCc1ccccc1)C(=O)OCC(=O)[C@@]1(O)CC[C@H]2[C@@H]3CCC4=CC(=O)CC[C@]4(C)[C@H]3[C@@H](O)C[C@@]21C)NC(=O)OCc1ccccc1. The van der Waals surface area contributed by atoms with Crippen LogP contribution in [0.2, 0.25) is 0 Å². The second kappa shape index (κ2) is 24.4. The number of carbonyl (C=O) groups excluding carboxylic acids is 8. The van der Waals surface area contributed by atoms with Gasteiger partial charge in [0.1, 0.15) is 36.5 Å². The Kier molecular flexibility index (Phi) is 17.9. The Labute approximate surface area is 498 Å². The van der Waals surface area contributed by atoms with Crippen LogP contribution in [0.1, 0.15) is 129 Å². The van der Waals surface area contributed by atoms with E-state index >= 15 is 0 Å². The molecule has 2 aromatic carbocycles. The van der Waals surface area contributed by atoms with Crippen molar-refractivity contribution in [3.05, 3.63) is 95.1 Å². The summed E-state index contributed by atoms with van der Waals surface area (Å²) in [4.78, 5) is 108. The molecule has 0 aliphatic heterocycles. The lowest BCUT2D eigenvalue weighted by molar-refractivity contribution is -0.184. The fraction of sp³-hybridized carbons (Fsp3) is 0.625. The smallest absolute Gasteiger partial charge is 0.408 e. The van der Waals surface area contributed by atoms with E-state index in [1.165, 1.54) is 0 Å². The predicted molar refractivity (Wildman–Crippen MR) is 310 cm³/mol. The second-order valence-corrected chi connectivity index (χ2v) is 28.7. The van der Waals surface area contributed by atoms with Crippen LogP contribution in [0.25, 0.3) is 0 Å². The lowest BCUT2D eigenvalue weighted by Crippen LogP contribution is -2.62. The highest BCUT2D eigenvalue weighted by atomic mass is 33.1. The van der Waals surface area contributed by atoms with Gasteiger partial charge in [-0.25, -0.2) is 19.2 Å². The Bertz CT molecular complexity index is 2760. The summed E-state index contributed by atoms with van der Waals surface area (Å²) in [6.07, 6.45) is 6.20. The van der Waals surface area contributed by atoms with Gasteiger partial charge >= 0.3 is 24.1 Å². The highest BCUT2D eigenvalue weighted by Gasteiger charge is 2.70. The van der Waals surface area contributed by atoms with Crippen molar-refractivity contribution in [1.29, 1.82) is 0 Å². The molecule has 2 unspecified atom stereocenters. The number of benzene rings is 2. The largest absolute Gasteiger partial charge is 0.456 e. The maximum Gasteiger partial charge on any atom is 0.408 e. The molecule has 8 aliphatic rings. The van der Waals surface area contributed by atoms with Crippen LogP contribution in [0, 0.1) is 57.2 Å². The molecule has 20 heteroatoms. The number of ether oxygens (including phenoxy) is 4. The summed E-state index contributed by atoms with van der Waals surface area (Å²) in [5.41, 5.74) is -3.26. The van der Waals surface area contributed by atoms with Crippen LogP contribution >= 0.6 is 21.6 Å². The summed E-state index contributed by atoms with van der Waals surface area (Å²) < 4.78 is 22.1. The monoisotopic (exact) mass is 1200 g/mol. The maximum absolute atomic E-state index is 14.3. The molecule has 18 nitrogen and oxygen atoms in total. The van der Waals surface area contributed by atoms with E-state index in [1.54, 1.807) is 72.8 Å². The van der Waals surface area contributed by atoms with E-state index in [9.17, 15) is 58.8 Å². The number of alkyl carbamates (subject to hydrolysis) is 2. The number of fused-ring (bicyclic) bond motifs is 10. The van der Waals surface area contributed by atoms with Crippen molar-refractivity contribution in [2.24, 2.45) is 57.2 Å². The predicted octanol–water partition coefficient (Wildman–Crippen LogP) is 7.65. The molecule has 6 N–H and O–H groups in total. The summed E-state index contributed by atoms with van der Waals surface area (Å²) in [5.74, 6) is -4.30. The first kappa shape index (κ1) is 61.7. The number of aliphatic hydroxyl groups is 4. The average molecular weight is 1200 g/mol. The zero-order valence-electron chi connectivity index (χ0n) is 48.3. The fourth-order valence-corrected chi connectivity index (χ4v) is 19.7. The van der Waals surface area contributed by atoms with Gasteiger partial charge in [0.2, 0.25) is 11.6 Å². The number of allylic oxidation sites excluding steroid dienone is 2. The molecule has 84 heavy (non-hydrogen) atoms. The first-order chi connectivity index (χ1) is 39.9. The van der Waals surface area contributed by atoms with Gasteiger partial charge in [-0.15, -0.1) is 0 Å². The van der Waals surface area contributed by atoms with Crippen LogP contribution in [0.5, 0.6) is 0 Å². The molecule has 0 radical (unpaired) electrons. The van der Waals surface area contributed by atoms with E-state index in [0.29, 0.717) is 75.3 Å². The van der Waals surface area contributed by atoms with Crippen molar-refractivity contribution in [3.63, 3.8) is 0 Å². The first-order valence-corrected chi connectivity index (χ1v) is 32.3. The van der Waals surface area contributed by atoms with Gasteiger partial charge in [-0.3, -0.25) is 19.2 Å². The topological polar surface area (TPSA) is 278 Å². The Morgan fingerprint density at radius 2 is 0.929 bits per heavy atom. The average Bonchev–Trinajstić information content (AvgIpc) is 1.41. The Balaban J connectivity index is 0.790. The highest BCUT2D eigenvalue weighted by molar-refractivity contribution is 8.76. The Morgan fingerprint density at radius 1 is 0.548 bits per heavy atom.